The Morgan fingerprint density at radius 3 is 2.47 bits per heavy atom. The second kappa shape index (κ2) is 6.08. The predicted molar refractivity (Wildman–Crippen MR) is 71.2 cm³/mol. The lowest BCUT2D eigenvalue weighted by Gasteiger charge is -2.18. The van der Waals surface area contributed by atoms with E-state index in [0.717, 1.165) is 0 Å². The SMILES string of the molecule is CC(C)NC(=O)C(C)Oc1cccc(N)c1C(=O)O. The van der Waals surface area contributed by atoms with Crippen LogP contribution in [0, 0.1) is 0 Å². The molecule has 0 fully saturated rings. The van der Waals surface area contributed by atoms with E-state index < -0.39 is 12.1 Å². The van der Waals surface area contributed by atoms with Gasteiger partial charge in [0, 0.05) is 11.7 Å². The van der Waals surface area contributed by atoms with Crippen molar-refractivity contribution >= 4 is 17.6 Å². The van der Waals surface area contributed by atoms with E-state index >= 15 is 0 Å². The summed E-state index contributed by atoms with van der Waals surface area (Å²) in [4.78, 5) is 22.8. The van der Waals surface area contributed by atoms with Gasteiger partial charge < -0.3 is 20.9 Å². The van der Waals surface area contributed by atoms with Crippen LogP contribution in [-0.4, -0.2) is 29.1 Å². The third kappa shape index (κ3) is 3.87. The minimum atomic E-state index is -1.19. The molecule has 4 N–H and O–H groups in total. The van der Waals surface area contributed by atoms with Crippen molar-refractivity contribution in [1.82, 2.24) is 5.32 Å². The van der Waals surface area contributed by atoms with Crippen LogP contribution in [0.1, 0.15) is 31.1 Å². The molecule has 0 saturated heterocycles. The fraction of sp³-hybridized carbons (Fsp3) is 0.385. The molecule has 0 aliphatic carbocycles. The fourth-order valence-electron chi connectivity index (χ4n) is 1.52. The molecule has 1 atom stereocenters. The third-order valence-corrected chi connectivity index (χ3v) is 2.38. The predicted octanol–water partition coefficient (Wildman–Crippen LogP) is 1.26. The first-order valence-electron chi connectivity index (χ1n) is 5.91. The van der Waals surface area contributed by atoms with Crippen molar-refractivity contribution in [3.8, 4) is 5.75 Å². The van der Waals surface area contributed by atoms with Crippen LogP contribution in [0.5, 0.6) is 5.75 Å². The number of anilines is 1. The molecule has 0 aliphatic rings. The molecule has 1 unspecified atom stereocenters. The highest BCUT2D eigenvalue weighted by molar-refractivity contribution is 5.97. The molecule has 0 aliphatic heterocycles. The fourth-order valence-corrected chi connectivity index (χ4v) is 1.52. The topological polar surface area (TPSA) is 102 Å². The van der Waals surface area contributed by atoms with Crippen LogP contribution >= 0.6 is 0 Å². The Kier molecular flexibility index (Phi) is 4.74. The van der Waals surface area contributed by atoms with Crippen LogP contribution < -0.4 is 15.8 Å². The number of carbonyl (C=O) groups is 2. The van der Waals surface area contributed by atoms with E-state index in [0.29, 0.717) is 0 Å². The molecule has 1 aromatic carbocycles. The first-order chi connectivity index (χ1) is 8.82. The minimum Gasteiger partial charge on any atom is -0.480 e. The quantitative estimate of drug-likeness (QED) is 0.696. The number of carbonyl (C=O) groups excluding carboxylic acids is 1. The number of amides is 1. The molecule has 0 heterocycles. The van der Waals surface area contributed by atoms with Crippen LogP contribution in [0.4, 0.5) is 5.69 Å². The molecule has 6 nitrogen and oxygen atoms in total. The summed E-state index contributed by atoms with van der Waals surface area (Å²) in [5.41, 5.74) is 5.56. The highest BCUT2D eigenvalue weighted by Gasteiger charge is 2.20. The molecule has 0 radical (unpaired) electrons. The van der Waals surface area contributed by atoms with Crippen molar-refractivity contribution in [2.24, 2.45) is 0 Å². The van der Waals surface area contributed by atoms with Crippen molar-refractivity contribution in [2.45, 2.75) is 32.9 Å². The molecule has 104 valence electrons. The molecule has 0 aromatic heterocycles. The molecular weight excluding hydrogens is 248 g/mol. The summed E-state index contributed by atoms with van der Waals surface area (Å²) in [6.45, 7) is 5.20. The van der Waals surface area contributed by atoms with Gasteiger partial charge in [-0.1, -0.05) is 6.07 Å². The van der Waals surface area contributed by atoms with Gasteiger partial charge in [-0.15, -0.1) is 0 Å². The summed E-state index contributed by atoms with van der Waals surface area (Å²) in [6, 6.07) is 4.50. The maximum absolute atomic E-state index is 11.7. The summed E-state index contributed by atoms with van der Waals surface area (Å²) in [5, 5.41) is 11.8. The van der Waals surface area contributed by atoms with Gasteiger partial charge in [0.1, 0.15) is 11.3 Å². The number of hydrogen-bond acceptors (Lipinski definition) is 4. The average molecular weight is 266 g/mol. The monoisotopic (exact) mass is 266 g/mol. The van der Waals surface area contributed by atoms with E-state index in [-0.39, 0.29) is 28.9 Å². The van der Waals surface area contributed by atoms with Gasteiger partial charge >= 0.3 is 5.97 Å². The number of rotatable bonds is 5. The van der Waals surface area contributed by atoms with Crippen molar-refractivity contribution in [3.05, 3.63) is 23.8 Å². The number of ether oxygens (including phenoxy) is 1. The second-order valence-corrected chi connectivity index (χ2v) is 4.45. The van der Waals surface area contributed by atoms with E-state index in [1.54, 1.807) is 13.0 Å². The Morgan fingerprint density at radius 2 is 1.95 bits per heavy atom. The van der Waals surface area contributed by atoms with E-state index in [9.17, 15) is 9.59 Å². The molecular formula is C13H18N2O4. The van der Waals surface area contributed by atoms with E-state index in [2.05, 4.69) is 5.32 Å². The number of carboxylic acid groups (broad SMARTS) is 1. The molecule has 0 bridgehead atoms. The molecule has 6 heteroatoms. The van der Waals surface area contributed by atoms with Crippen molar-refractivity contribution in [2.75, 3.05) is 5.73 Å². The molecule has 1 rings (SSSR count). The van der Waals surface area contributed by atoms with Gasteiger partial charge in [0.2, 0.25) is 0 Å². The van der Waals surface area contributed by atoms with Gasteiger partial charge in [0.25, 0.3) is 5.91 Å². The number of benzene rings is 1. The minimum absolute atomic E-state index is 0.0154. The van der Waals surface area contributed by atoms with Crippen LogP contribution in [0.25, 0.3) is 0 Å². The molecule has 19 heavy (non-hydrogen) atoms. The third-order valence-electron chi connectivity index (χ3n) is 2.38. The standard InChI is InChI=1S/C13H18N2O4/c1-7(2)15-12(16)8(3)19-10-6-4-5-9(14)11(10)13(17)18/h4-8H,14H2,1-3H3,(H,15,16)(H,17,18). The summed E-state index contributed by atoms with van der Waals surface area (Å²) >= 11 is 0. The lowest BCUT2D eigenvalue weighted by molar-refractivity contribution is -0.127. The average Bonchev–Trinajstić information content (AvgIpc) is 2.27. The number of carboxylic acids is 1. The van der Waals surface area contributed by atoms with Crippen molar-refractivity contribution in [3.63, 3.8) is 0 Å². The van der Waals surface area contributed by atoms with Gasteiger partial charge in [0.05, 0.1) is 0 Å². The Hall–Kier alpha value is -2.24. The lowest BCUT2D eigenvalue weighted by Crippen LogP contribution is -2.40. The van der Waals surface area contributed by atoms with E-state index in [4.69, 9.17) is 15.6 Å². The second-order valence-electron chi connectivity index (χ2n) is 4.45. The van der Waals surface area contributed by atoms with Crippen LogP contribution in [0.15, 0.2) is 18.2 Å². The summed E-state index contributed by atoms with van der Waals surface area (Å²) in [7, 11) is 0. The Labute approximate surface area is 111 Å². The zero-order chi connectivity index (χ0) is 14.6. The van der Waals surface area contributed by atoms with Crippen LogP contribution in [0.3, 0.4) is 0 Å². The number of aromatic carboxylic acids is 1. The maximum Gasteiger partial charge on any atom is 0.341 e. The summed E-state index contributed by atoms with van der Waals surface area (Å²) in [5.74, 6) is -1.42. The van der Waals surface area contributed by atoms with E-state index in [1.807, 2.05) is 13.8 Å². The Bertz CT molecular complexity index is 486. The van der Waals surface area contributed by atoms with Gasteiger partial charge in [0.15, 0.2) is 6.10 Å². The highest BCUT2D eigenvalue weighted by atomic mass is 16.5. The Balaban J connectivity index is 2.91. The van der Waals surface area contributed by atoms with Gasteiger partial charge in [-0.2, -0.15) is 0 Å². The zero-order valence-corrected chi connectivity index (χ0v) is 11.1. The van der Waals surface area contributed by atoms with Crippen LogP contribution in [0.2, 0.25) is 0 Å². The van der Waals surface area contributed by atoms with Gasteiger partial charge in [-0.25, -0.2) is 4.79 Å². The number of nitrogens with one attached hydrogen (secondary N) is 1. The van der Waals surface area contributed by atoms with Gasteiger partial charge in [-0.3, -0.25) is 4.79 Å². The molecule has 1 aromatic rings. The first kappa shape index (κ1) is 14.8. The number of hydrogen-bond donors (Lipinski definition) is 3. The Morgan fingerprint density at radius 1 is 1.32 bits per heavy atom. The largest absolute Gasteiger partial charge is 0.480 e. The lowest BCUT2D eigenvalue weighted by atomic mass is 10.1. The zero-order valence-electron chi connectivity index (χ0n) is 11.1. The summed E-state index contributed by atoms with van der Waals surface area (Å²) in [6.07, 6.45) is -0.803. The normalized spacial score (nSPS) is 12.0. The van der Waals surface area contributed by atoms with E-state index in [1.165, 1.54) is 12.1 Å². The highest BCUT2D eigenvalue weighted by Crippen LogP contribution is 2.25. The van der Waals surface area contributed by atoms with Gasteiger partial charge in [-0.05, 0) is 32.9 Å². The molecule has 1 amide bonds. The maximum atomic E-state index is 11.7. The first-order valence-corrected chi connectivity index (χ1v) is 5.91. The van der Waals surface area contributed by atoms with Crippen molar-refractivity contribution in [1.29, 1.82) is 0 Å². The summed E-state index contributed by atoms with van der Waals surface area (Å²) < 4.78 is 5.38. The smallest absolute Gasteiger partial charge is 0.341 e. The van der Waals surface area contributed by atoms with Crippen molar-refractivity contribution < 1.29 is 19.4 Å². The number of nitrogens with two attached hydrogens (primary N) is 1. The molecule has 0 saturated carbocycles. The van der Waals surface area contributed by atoms with Crippen LogP contribution in [-0.2, 0) is 4.79 Å². The number of nitrogen functional groups attached to an aromatic ring is 1. The molecule has 0 spiro atoms.